The van der Waals surface area contributed by atoms with Gasteiger partial charge in [-0.1, -0.05) is 52.0 Å². The van der Waals surface area contributed by atoms with E-state index >= 15 is 0 Å². The monoisotopic (exact) mass is 473 g/mol. The van der Waals surface area contributed by atoms with Gasteiger partial charge in [-0.3, -0.25) is 0 Å². The summed E-state index contributed by atoms with van der Waals surface area (Å²) in [5.74, 6) is 7.21. The predicted octanol–water partition coefficient (Wildman–Crippen LogP) is 4.34. The Morgan fingerprint density at radius 1 is 1.17 bits per heavy atom. The minimum Gasteiger partial charge on any atom is -0.372 e. The fourth-order valence-electron chi connectivity index (χ4n) is 2.75. The molecule has 3 aromatic rings. The zero-order valence-corrected chi connectivity index (χ0v) is 18.8. The van der Waals surface area contributed by atoms with E-state index in [4.69, 9.17) is 5.84 Å². The molecule has 0 saturated heterocycles. The van der Waals surface area contributed by atoms with Crippen LogP contribution in [0.5, 0.6) is 0 Å². The Balaban J connectivity index is 1.57. The number of hydrogen-bond acceptors (Lipinski definition) is 7. The van der Waals surface area contributed by atoms with E-state index in [1.165, 1.54) is 27.7 Å². The summed E-state index contributed by atoms with van der Waals surface area (Å²) in [5, 5.41) is 13.0. The van der Waals surface area contributed by atoms with E-state index in [0.717, 1.165) is 28.9 Å². The number of nitrogens with one attached hydrogen (secondary N) is 1. The second-order valence-corrected chi connectivity index (χ2v) is 8.09. The van der Waals surface area contributed by atoms with Gasteiger partial charge in [-0.05, 0) is 49.2 Å². The van der Waals surface area contributed by atoms with Gasteiger partial charge in [0.15, 0.2) is 0 Å². The molecule has 1 aromatic heterocycles. The van der Waals surface area contributed by atoms with Crippen LogP contribution in [-0.4, -0.2) is 34.2 Å². The van der Waals surface area contributed by atoms with Crippen LogP contribution >= 0.6 is 27.7 Å². The van der Waals surface area contributed by atoms with E-state index in [9.17, 15) is 0 Å². The number of halogens is 1. The van der Waals surface area contributed by atoms with Gasteiger partial charge in [-0.15, -0.1) is 10.2 Å². The molecule has 7 nitrogen and oxygen atoms in total. The van der Waals surface area contributed by atoms with Gasteiger partial charge in [0.1, 0.15) is 0 Å². The Labute approximate surface area is 183 Å². The number of nitrogens with two attached hydrogens (primary N) is 1. The van der Waals surface area contributed by atoms with E-state index in [0.29, 0.717) is 11.1 Å². The molecule has 3 rings (SSSR count). The SMILES string of the molecule is CCN(CC)c1ccc(/C=N/Nc2nnc(SCc3cccc(Br)c3)n2N)cc1. The lowest BCUT2D eigenvalue weighted by Gasteiger charge is -2.20. The van der Waals surface area contributed by atoms with Gasteiger partial charge in [0.05, 0.1) is 6.21 Å². The molecule has 0 aliphatic carbocycles. The van der Waals surface area contributed by atoms with Gasteiger partial charge in [0.25, 0.3) is 5.95 Å². The van der Waals surface area contributed by atoms with Crippen molar-refractivity contribution in [1.82, 2.24) is 14.9 Å². The first kappa shape index (κ1) is 21.2. The third-order valence-electron chi connectivity index (χ3n) is 4.32. The fraction of sp³-hybridized carbons (Fsp3) is 0.250. The lowest BCUT2D eigenvalue weighted by molar-refractivity contribution is 0.847. The first-order valence-corrected chi connectivity index (χ1v) is 11.1. The van der Waals surface area contributed by atoms with Crippen LogP contribution in [0.1, 0.15) is 25.0 Å². The Bertz CT molecular complexity index is 952. The summed E-state index contributed by atoms with van der Waals surface area (Å²) in [6.45, 7) is 6.27. The summed E-state index contributed by atoms with van der Waals surface area (Å²) in [6, 6.07) is 16.4. The van der Waals surface area contributed by atoms with Crippen molar-refractivity contribution in [2.24, 2.45) is 5.10 Å². The highest BCUT2D eigenvalue weighted by Gasteiger charge is 2.10. The molecule has 0 amide bonds. The topological polar surface area (TPSA) is 84.4 Å². The van der Waals surface area contributed by atoms with Crippen LogP contribution < -0.4 is 16.2 Å². The summed E-state index contributed by atoms with van der Waals surface area (Å²) in [4.78, 5) is 2.30. The van der Waals surface area contributed by atoms with Crippen molar-refractivity contribution in [2.75, 3.05) is 29.3 Å². The standard InChI is InChI=1S/C20H24BrN7S/c1-3-27(4-2)18-10-8-15(9-11-18)13-23-24-19-25-26-20(28(19)22)29-14-16-6-5-7-17(21)12-16/h5-13H,3-4,14,22H2,1-2H3,(H,24,25)/b23-13+. The van der Waals surface area contributed by atoms with E-state index in [-0.39, 0.29) is 0 Å². The van der Waals surface area contributed by atoms with Crippen molar-refractivity contribution in [2.45, 2.75) is 24.8 Å². The molecule has 0 saturated carbocycles. The lowest BCUT2D eigenvalue weighted by atomic mass is 10.2. The van der Waals surface area contributed by atoms with Crippen LogP contribution in [0.25, 0.3) is 0 Å². The summed E-state index contributed by atoms with van der Waals surface area (Å²) in [5.41, 5.74) is 6.22. The number of nitrogens with zero attached hydrogens (tertiary/aromatic N) is 5. The number of aromatic nitrogens is 3. The molecule has 0 aliphatic rings. The maximum atomic E-state index is 6.08. The lowest BCUT2D eigenvalue weighted by Crippen LogP contribution is -2.21. The molecule has 0 radical (unpaired) electrons. The second kappa shape index (κ2) is 10.3. The molecule has 2 aromatic carbocycles. The van der Waals surface area contributed by atoms with Gasteiger partial charge in [-0.2, -0.15) is 5.10 Å². The predicted molar refractivity (Wildman–Crippen MR) is 125 cm³/mol. The van der Waals surface area contributed by atoms with Crippen molar-refractivity contribution < 1.29 is 0 Å². The van der Waals surface area contributed by atoms with Gasteiger partial charge >= 0.3 is 0 Å². The molecule has 0 unspecified atom stereocenters. The van der Waals surface area contributed by atoms with Gasteiger partial charge in [0, 0.05) is 29.0 Å². The molecule has 9 heteroatoms. The summed E-state index contributed by atoms with van der Waals surface area (Å²) in [6.07, 6.45) is 1.73. The molecule has 0 atom stereocenters. The number of hydrogen-bond donors (Lipinski definition) is 2. The normalized spacial score (nSPS) is 11.1. The quantitative estimate of drug-likeness (QED) is 0.208. The highest BCUT2D eigenvalue weighted by Crippen LogP contribution is 2.23. The first-order chi connectivity index (χ1) is 14.1. The molecule has 0 aliphatic heterocycles. The van der Waals surface area contributed by atoms with Gasteiger partial charge < -0.3 is 10.7 Å². The first-order valence-electron chi connectivity index (χ1n) is 9.32. The number of hydrazone groups is 1. The highest BCUT2D eigenvalue weighted by molar-refractivity contribution is 9.10. The van der Waals surface area contributed by atoms with Crippen molar-refractivity contribution in [3.05, 3.63) is 64.1 Å². The average molecular weight is 474 g/mol. The minimum absolute atomic E-state index is 0.387. The minimum atomic E-state index is 0.387. The van der Waals surface area contributed by atoms with E-state index < -0.39 is 0 Å². The van der Waals surface area contributed by atoms with Crippen LogP contribution in [0, 0.1) is 0 Å². The zero-order chi connectivity index (χ0) is 20.6. The van der Waals surface area contributed by atoms with Crippen molar-refractivity contribution in [3.63, 3.8) is 0 Å². The van der Waals surface area contributed by atoms with Crippen molar-refractivity contribution >= 4 is 45.5 Å². The Kier molecular flexibility index (Phi) is 7.54. The van der Waals surface area contributed by atoms with Crippen LogP contribution in [0.3, 0.4) is 0 Å². The van der Waals surface area contributed by atoms with Gasteiger partial charge in [-0.25, -0.2) is 10.1 Å². The largest absolute Gasteiger partial charge is 0.372 e. The summed E-state index contributed by atoms with van der Waals surface area (Å²) in [7, 11) is 0. The molecular weight excluding hydrogens is 450 g/mol. The van der Waals surface area contributed by atoms with E-state index in [1.807, 2.05) is 24.3 Å². The van der Waals surface area contributed by atoms with Crippen LogP contribution in [0.2, 0.25) is 0 Å². The smallest absolute Gasteiger partial charge is 0.264 e. The molecular formula is C20H24BrN7S. The summed E-state index contributed by atoms with van der Waals surface area (Å²) >= 11 is 4.99. The van der Waals surface area contributed by atoms with Crippen LogP contribution in [0.4, 0.5) is 11.6 Å². The third kappa shape index (κ3) is 5.74. The second-order valence-electron chi connectivity index (χ2n) is 6.23. The highest BCUT2D eigenvalue weighted by atomic mass is 79.9. The Morgan fingerprint density at radius 2 is 1.93 bits per heavy atom. The number of rotatable bonds is 9. The number of thioether (sulfide) groups is 1. The van der Waals surface area contributed by atoms with Gasteiger partial charge in [0.2, 0.25) is 5.16 Å². The maximum absolute atomic E-state index is 6.08. The molecule has 29 heavy (non-hydrogen) atoms. The summed E-state index contributed by atoms with van der Waals surface area (Å²) < 4.78 is 2.45. The van der Waals surface area contributed by atoms with Crippen LogP contribution in [0.15, 0.2) is 63.3 Å². The van der Waals surface area contributed by atoms with Crippen LogP contribution in [-0.2, 0) is 5.75 Å². The van der Waals surface area contributed by atoms with E-state index in [1.54, 1.807) is 6.21 Å². The zero-order valence-electron chi connectivity index (χ0n) is 16.4. The maximum Gasteiger partial charge on any atom is 0.264 e. The average Bonchev–Trinajstić information content (AvgIpc) is 3.08. The molecule has 0 fully saturated rings. The Morgan fingerprint density at radius 3 is 2.62 bits per heavy atom. The molecule has 3 N–H and O–H groups in total. The number of benzene rings is 2. The van der Waals surface area contributed by atoms with E-state index in [2.05, 4.69) is 79.7 Å². The van der Waals surface area contributed by atoms with Crippen molar-refractivity contribution in [1.29, 1.82) is 0 Å². The molecule has 0 spiro atoms. The third-order valence-corrected chi connectivity index (χ3v) is 5.83. The fourth-order valence-corrected chi connectivity index (χ4v) is 4.00. The molecule has 1 heterocycles. The van der Waals surface area contributed by atoms with Crippen molar-refractivity contribution in [3.8, 4) is 0 Å². The Hall–Kier alpha value is -2.52. The number of anilines is 2. The molecule has 0 bridgehead atoms. The number of nitrogen functional groups attached to an aromatic ring is 1. The molecule has 152 valence electrons.